The van der Waals surface area contributed by atoms with Crippen LogP contribution in [-0.2, 0) is 6.61 Å². The van der Waals surface area contributed by atoms with Crippen molar-refractivity contribution in [3.05, 3.63) is 57.3 Å². The van der Waals surface area contributed by atoms with Gasteiger partial charge in [0.25, 0.3) is 0 Å². The molecule has 0 amide bonds. The molecule has 0 fully saturated rings. The largest absolute Gasteiger partial charge is 0.493 e. The van der Waals surface area contributed by atoms with Crippen LogP contribution in [0, 0.1) is 5.82 Å². The number of rotatable bonds is 5. The first-order valence-corrected chi connectivity index (χ1v) is 6.70. The van der Waals surface area contributed by atoms with Gasteiger partial charge in [0.1, 0.15) is 18.7 Å². The van der Waals surface area contributed by atoms with E-state index in [1.54, 1.807) is 6.07 Å². The highest BCUT2D eigenvalue weighted by Gasteiger charge is 2.13. The van der Waals surface area contributed by atoms with Crippen molar-refractivity contribution in [3.8, 4) is 11.5 Å². The summed E-state index contributed by atoms with van der Waals surface area (Å²) in [6.07, 6.45) is 0.650. The molecule has 110 valence electrons. The van der Waals surface area contributed by atoms with Crippen LogP contribution >= 0.6 is 23.2 Å². The lowest BCUT2D eigenvalue weighted by Crippen LogP contribution is -2.01. The van der Waals surface area contributed by atoms with Crippen LogP contribution in [0.5, 0.6) is 11.5 Å². The highest BCUT2D eigenvalue weighted by Crippen LogP contribution is 2.36. The van der Waals surface area contributed by atoms with E-state index in [9.17, 15) is 9.18 Å². The van der Waals surface area contributed by atoms with Crippen molar-refractivity contribution in [1.29, 1.82) is 0 Å². The third-order valence-electron chi connectivity index (χ3n) is 2.77. The SMILES string of the molecule is COc1cc(C=O)cc(Cl)c1OCc1ccc(Cl)cc1F. The molecule has 0 aliphatic heterocycles. The zero-order chi connectivity index (χ0) is 15.4. The van der Waals surface area contributed by atoms with Crippen molar-refractivity contribution in [2.24, 2.45) is 0 Å². The predicted molar refractivity (Wildman–Crippen MR) is 79.1 cm³/mol. The topological polar surface area (TPSA) is 35.5 Å². The number of hydrogen-bond donors (Lipinski definition) is 0. The molecule has 0 saturated heterocycles. The third-order valence-corrected chi connectivity index (χ3v) is 3.29. The van der Waals surface area contributed by atoms with E-state index in [1.165, 1.54) is 31.4 Å². The van der Waals surface area contributed by atoms with E-state index in [2.05, 4.69) is 0 Å². The maximum absolute atomic E-state index is 13.7. The van der Waals surface area contributed by atoms with Crippen LogP contribution in [0.25, 0.3) is 0 Å². The molecule has 0 radical (unpaired) electrons. The summed E-state index contributed by atoms with van der Waals surface area (Å²) in [5.74, 6) is 0.0835. The van der Waals surface area contributed by atoms with Gasteiger partial charge >= 0.3 is 0 Å². The molecule has 0 unspecified atom stereocenters. The third kappa shape index (κ3) is 3.65. The molecule has 2 aromatic rings. The Balaban J connectivity index is 2.25. The van der Waals surface area contributed by atoms with E-state index in [4.69, 9.17) is 32.7 Å². The smallest absolute Gasteiger partial charge is 0.180 e. The first-order valence-electron chi connectivity index (χ1n) is 5.94. The number of carbonyl (C=O) groups is 1. The summed E-state index contributed by atoms with van der Waals surface area (Å²) in [6, 6.07) is 7.24. The fourth-order valence-electron chi connectivity index (χ4n) is 1.74. The monoisotopic (exact) mass is 328 g/mol. The molecule has 0 saturated carbocycles. The van der Waals surface area contributed by atoms with Gasteiger partial charge in [0, 0.05) is 16.1 Å². The lowest BCUT2D eigenvalue weighted by Gasteiger charge is -2.13. The molecule has 0 bridgehead atoms. The Hall–Kier alpha value is -1.78. The van der Waals surface area contributed by atoms with Gasteiger partial charge in [-0.15, -0.1) is 0 Å². The van der Waals surface area contributed by atoms with E-state index in [-0.39, 0.29) is 17.4 Å². The minimum absolute atomic E-state index is 0.0421. The summed E-state index contributed by atoms with van der Waals surface area (Å²) >= 11 is 11.7. The van der Waals surface area contributed by atoms with Crippen molar-refractivity contribution < 1.29 is 18.7 Å². The van der Waals surface area contributed by atoms with Crippen LogP contribution in [0.15, 0.2) is 30.3 Å². The van der Waals surface area contributed by atoms with Crippen molar-refractivity contribution in [2.75, 3.05) is 7.11 Å². The van der Waals surface area contributed by atoms with Gasteiger partial charge in [0.2, 0.25) is 0 Å². The van der Waals surface area contributed by atoms with Crippen molar-refractivity contribution in [1.82, 2.24) is 0 Å². The zero-order valence-corrected chi connectivity index (χ0v) is 12.5. The highest BCUT2D eigenvalue weighted by molar-refractivity contribution is 6.32. The Kier molecular flexibility index (Phi) is 5.04. The van der Waals surface area contributed by atoms with Crippen molar-refractivity contribution >= 4 is 29.5 Å². The summed E-state index contributed by atoms with van der Waals surface area (Å²) < 4.78 is 24.3. The molecular formula is C15H11Cl2FO3. The van der Waals surface area contributed by atoms with Crippen LogP contribution in [0.3, 0.4) is 0 Å². The standard InChI is InChI=1S/C15H11Cl2FO3/c1-20-14-5-9(7-19)4-12(17)15(14)21-8-10-2-3-11(16)6-13(10)18/h2-7H,8H2,1H3. The number of carbonyl (C=O) groups excluding carboxylic acids is 1. The first kappa shape index (κ1) is 15.6. The van der Waals surface area contributed by atoms with Crippen LogP contribution in [-0.4, -0.2) is 13.4 Å². The Morgan fingerprint density at radius 3 is 2.62 bits per heavy atom. The molecule has 0 aromatic heterocycles. The molecular weight excluding hydrogens is 318 g/mol. The highest BCUT2D eigenvalue weighted by atomic mass is 35.5. The quantitative estimate of drug-likeness (QED) is 0.756. The van der Waals surface area contributed by atoms with Gasteiger partial charge in [-0.3, -0.25) is 4.79 Å². The van der Waals surface area contributed by atoms with Gasteiger partial charge in [-0.1, -0.05) is 29.3 Å². The van der Waals surface area contributed by atoms with E-state index >= 15 is 0 Å². The molecule has 0 atom stereocenters. The molecule has 0 heterocycles. The second-order valence-electron chi connectivity index (χ2n) is 4.18. The van der Waals surface area contributed by atoms with Crippen LogP contribution in [0.4, 0.5) is 4.39 Å². The first-order chi connectivity index (χ1) is 10.0. The van der Waals surface area contributed by atoms with Crippen LogP contribution in [0.2, 0.25) is 10.0 Å². The van der Waals surface area contributed by atoms with E-state index in [0.717, 1.165) is 0 Å². The minimum atomic E-state index is -0.470. The normalized spacial score (nSPS) is 10.3. The molecule has 6 heteroatoms. The van der Waals surface area contributed by atoms with Gasteiger partial charge in [0.15, 0.2) is 11.5 Å². The number of halogens is 3. The fraction of sp³-hybridized carbons (Fsp3) is 0.133. The molecule has 2 aromatic carbocycles. The molecule has 0 spiro atoms. The number of aldehydes is 1. The maximum atomic E-state index is 13.7. The fourth-order valence-corrected chi connectivity index (χ4v) is 2.17. The van der Waals surface area contributed by atoms with Gasteiger partial charge < -0.3 is 9.47 Å². The van der Waals surface area contributed by atoms with Gasteiger partial charge in [-0.05, 0) is 24.3 Å². The summed E-state index contributed by atoms with van der Waals surface area (Å²) in [5.41, 5.74) is 0.693. The Labute approximate surface area is 131 Å². The van der Waals surface area contributed by atoms with E-state index in [1.807, 2.05) is 0 Å². The molecule has 3 nitrogen and oxygen atoms in total. The molecule has 0 N–H and O–H groups in total. The van der Waals surface area contributed by atoms with Crippen LogP contribution < -0.4 is 9.47 Å². The second kappa shape index (κ2) is 6.78. The average Bonchev–Trinajstić information content (AvgIpc) is 2.46. The second-order valence-corrected chi connectivity index (χ2v) is 5.02. The number of hydrogen-bond acceptors (Lipinski definition) is 3. The van der Waals surface area contributed by atoms with Crippen LogP contribution in [0.1, 0.15) is 15.9 Å². The molecule has 0 aliphatic carbocycles. The van der Waals surface area contributed by atoms with Crippen molar-refractivity contribution in [2.45, 2.75) is 6.61 Å². The summed E-state index contributed by atoms with van der Waals surface area (Å²) in [6.45, 7) is -0.0421. The van der Waals surface area contributed by atoms with Gasteiger partial charge in [-0.2, -0.15) is 0 Å². The maximum Gasteiger partial charge on any atom is 0.180 e. The van der Waals surface area contributed by atoms with E-state index in [0.29, 0.717) is 28.2 Å². The lowest BCUT2D eigenvalue weighted by atomic mass is 10.2. The van der Waals surface area contributed by atoms with Gasteiger partial charge in [0.05, 0.1) is 12.1 Å². The minimum Gasteiger partial charge on any atom is -0.493 e. The summed E-state index contributed by atoms with van der Waals surface area (Å²) in [5, 5.41) is 0.521. The summed E-state index contributed by atoms with van der Waals surface area (Å²) in [4.78, 5) is 10.8. The molecule has 2 rings (SSSR count). The summed E-state index contributed by atoms with van der Waals surface area (Å²) in [7, 11) is 1.43. The molecule has 0 aliphatic rings. The van der Waals surface area contributed by atoms with Gasteiger partial charge in [-0.25, -0.2) is 4.39 Å². The van der Waals surface area contributed by atoms with E-state index < -0.39 is 5.82 Å². The number of benzene rings is 2. The Morgan fingerprint density at radius 2 is 2.00 bits per heavy atom. The average molecular weight is 329 g/mol. The lowest BCUT2D eigenvalue weighted by molar-refractivity contribution is 0.112. The Morgan fingerprint density at radius 1 is 1.24 bits per heavy atom. The Bertz CT molecular complexity index is 674. The van der Waals surface area contributed by atoms with Crippen molar-refractivity contribution in [3.63, 3.8) is 0 Å². The zero-order valence-electron chi connectivity index (χ0n) is 11.0. The predicted octanol–water partition coefficient (Wildman–Crippen LogP) is 4.53. The number of ether oxygens (including phenoxy) is 2. The molecule has 21 heavy (non-hydrogen) atoms. The number of methoxy groups -OCH3 is 1.